The minimum atomic E-state index is -1.41. The molecular formula is C16H14F3N. The molecule has 0 amide bonds. The molecule has 0 spiro atoms. The van der Waals surface area contributed by atoms with E-state index in [4.69, 9.17) is 0 Å². The van der Waals surface area contributed by atoms with Crippen LogP contribution in [0, 0.1) is 17.5 Å². The molecule has 0 aromatic heterocycles. The van der Waals surface area contributed by atoms with Gasteiger partial charge in [-0.05, 0) is 36.2 Å². The van der Waals surface area contributed by atoms with E-state index in [1.807, 2.05) is 30.3 Å². The third-order valence-corrected chi connectivity index (χ3v) is 3.81. The maximum absolute atomic E-state index is 13.4. The van der Waals surface area contributed by atoms with Crippen molar-refractivity contribution < 1.29 is 13.2 Å². The summed E-state index contributed by atoms with van der Waals surface area (Å²) in [5, 5.41) is 3.34. The average molecular weight is 277 g/mol. The lowest BCUT2D eigenvalue weighted by atomic mass is 9.88. The summed E-state index contributed by atoms with van der Waals surface area (Å²) in [6.45, 7) is 0.769. The smallest absolute Gasteiger partial charge is 0.194 e. The first-order valence-electron chi connectivity index (χ1n) is 6.59. The average Bonchev–Trinajstić information content (AvgIpc) is 2.94. The Morgan fingerprint density at radius 3 is 2.20 bits per heavy atom. The fourth-order valence-electron chi connectivity index (χ4n) is 2.86. The van der Waals surface area contributed by atoms with E-state index < -0.39 is 17.5 Å². The van der Waals surface area contributed by atoms with E-state index in [0.717, 1.165) is 30.7 Å². The molecule has 1 aliphatic heterocycles. The molecule has 0 bridgehead atoms. The third-order valence-electron chi connectivity index (χ3n) is 3.81. The van der Waals surface area contributed by atoms with Crippen LogP contribution in [0.2, 0.25) is 0 Å². The zero-order valence-corrected chi connectivity index (χ0v) is 10.7. The van der Waals surface area contributed by atoms with E-state index in [2.05, 4.69) is 5.32 Å². The van der Waals surface area contributed by atoms with Crippen LogP contribution in [0.3, 0.4) is 0 Å². The molecule has 1 aliphatic rings. The van der Waals surface area contributed by atoms with Crippen molar-refractivity contribution in [1.82, 2.24) is 5.32 Å². The first-order valence-corrected chi connectivity index (χ1v) is 6.59. The molecule has 1 N–H and O–H groups in total. The van der Waals surface area contributed by atoms with E-state index in [1.54, 1.807) is 0 Å². The largest absolute Gasteiger partial charge is 0.309 e. The highest BCUT2D eigenvalue weighted by atomic mass is 19.2. The van der Waals surface area contributed by atoms with Crippen molar-refractivity contribution >= 4 is 0 Å². The topological polar surface area (TPSA) is 12.0 Å². The first-order chi connectivity index (χ1) is 9.66. The van der Waals surface area contributed by atoms with Crippen LogP contribution in [0.4, 0.5) is 13.2 Å². The number of benzene rings is 2. The van der Waals surface area contributed by atoms with Crippen molar-refractivity contribution in [1.29, 1.82) is 0 Å². The Kier molecular flexibility index (Phi) is 3.49. The lowest BCUT2D eigenvalue weighted by Crippen LogP contribution is -2.17. The van der Waals surface area contributed by atoms with Crippen LogP contribution in [-0.2, 0) is 0 Å². The molecule has 0 saturated carbocycles. The minimum absolute atomic E-state index is 0.000427. The summed E-state index contributed by atoms with van der Waals surface area (Å²) in [5.74, 6) is -3.71. The van der Waals surface area contributed by atoms with Crippen molar-refractivity contribution in [3.05, 3.63) is 71.0 Å². The second kappa shape index (κ2) is 5.29. The molecule has 1 heterocycles. The molecule has 2 atom stereocenters. The van der Waals surface area contributed by atoms with E-state index in [-0.39, 0.29) is 12.0 Å². The molecule has 1 saturated heterocycles. The quantitative estimate of drug-likeness (QED) is 0.820. The molecule has 20 heavy (non-hydrogen) atoms. The van der Waals surface area contributed by atoms with Gasteiger partial charge in [0, 0.05) is 12.0 Å². The summed E-state index contributed by atoms with van der Waals surface area (Å²) >= 11 is 0. The maximum Gasteiger partial charge on any atom is 0.194 e. The van der Waals surface area contributed by atoms with Crippen molar-refractivity contribution in [2.24, 2.45) is 0 Å². The molecule has 1 fully saturated rings. The molecule has 2 aromatic carbocycles. The van der Waals surface area contributed by atoms with E-state index >= 15 is 0 Å². The Bertz CT molecular complexity index is 589. The van der Waals surface area contributed by atoms with E-state index in [1.165, 1.54) is 0 Å². The van der Waals surface area contributed by atoms with Crippen LogP contribution in [0.5, 0.6) is 0 Å². The Morgan fingerprint density at radius 2 is 1.55 bits per heavy atom. The minimum Gasteiger partial charge on any atom is -0.309 e. The number of hydrogen-bond donors (Lipinski definition) is 1. The van der Waals surface area contributed by atoms with E-state index in [9.17, 15) is 13.2 Å². The van der Waals surface area contributed by atoms with Crippen molar-refractivity contribution in [2.45, 2.75) is 18.4 Å². The van der Waals surface area contributed by atoms with Gasteiger partial charge in [-0.2, -0.15) is 0 Å². The van der Waals surface area contributed by atoms with Gasteiger partial charge in [-0.25, -0.2) is 13.2 Å². The molecular weight excluding hydrogens is 263 g/mol. The molecule has 2 unspecified atom stereocenters. The summed E-state index contributed by atoms with van der Waals surface area (Å²) in [5.41, 5.74) is 1.57. The van der Waals surface area contributed by atoms with Gasteiger partial charge in [-0.3, -0.25) is 0 Å². The Morgan fingerprint density at radius 1 is 0.900 bits per heavy atom. The van der Waals surface area contributed by atoms with Crippen LogP contribution < -0.4 is 5.32 Å². The van der Waals surface area contributed by atoms with Crippen LogP contribution in [0.1, 0.15) is 29.5 Å². The molecule has 2 aromatic rings. The van der Waals surface area contributed by atoms with Crippen molar-refractivity contribution in [3.63, 3.8) is 0 Å². The predicted molar refractivity (Wildman–Crippen MR) is 70.9 cm³/mol. The molecule has 0 aliphatic carbocycles. The molecule has 3 rings (SSSR count). The third kappa shape index (κ3) is 2.31. The Labute approximate surface area is 115 Å². The van der Waals surface area contributed by atoms with Gasteiger partial charge >= 0.3 is 0 Å². The highest BCUT2D eigenvalue weighted by molar-refractivity contribution is 5.31. The summed E-state index contributed by atoms with van der Waals surface area (Å²) in [6, 6.07) is 11.9. The van der Waals surface area contributed by atoms with Gasteiger partial charge in [-0.1, -0.05) is 30.3 Å². The zero-order valence-electron chi connectivity index (χ0n) is 10.7. The van der Waals surface area contributed by atoms with Crippen LogP contribution in [0.25, 0.3) is 0 Å². The van der Waals surface area contributed by atoms with Gasteiger partial charge in [0.2, 0.25) is 0 Å². The fraction of sp³-hybridized carbons (Fsp3) is 0.250. The van der Waals surface area contributed by atoms with Crippen molar-refractivity contribution in [3.8, 4) is 0 Å². The number of halogens is 3. The second-order valence-electron chi connectivity index (χ2n) is 5.04. The van der Waals surface area contributed by atoms with Crippen LogP contribution in [0.15, 0.2) is 42.5 Å². The number of nitrogens with one attached hydrogen (secondary N) is 1. The summed E-state index contributed by atoms with van der Waals surface area (Å²) in [4.78, 5) is 0. The monoisotopic (exact) mass is 277 g/mol. The fourth-order valence-corrected chi connectivity index (χ4v) is 2.86. The van der Waals surface area contributed by atoms with Gasteiger partial charge < -0.3 is 5.32 Å². The number of rotatable bonds is 2. The van der Waals surface area contributed by atoms with Gasteiger partial charge in [0.05, 0.1) is 0 Å². The van der Waals surface area contributed by atoms with Gasteiger partial charge in [0.1, 0.15) is 0 Å². The first kappa shape index (κ1) is 13.2. The Balaban J connectivity index is 1.97. The summed E-state index contributed by atoms with van der Waals surface area (Å²) < 4.78 is 39.8. The Hall–Kier alpha value is -1.81. The van der Waals surface area contributed by atoms with E-state index in [0.29, 0.717) is 5.56 Å². The number of hydrogen-bond acceptors (Lipinski definition) is 1. The molecule has 0 radical (unpaired) electrons. The van der Waals surface area contributed by atoms with Crippen LogP contribution >= 0.6 is 0 Å². The summed E-state index contributed by atoms with van der Waals surface area (Å²) in [7, 11) is 0. The lowest BCUT2D eigenvalue weighted by Gasteiger charge is -2.20. The predicted octanol–water partition coefficient (Wildman–Crippen LogP) is 3.92. The standard InChI is InChI=1S/C16H14F3N/c17-13-8-11(9-14(18)15(13)19)12-6-7-20-16(12)10-4-2-1-3-5-10/h1-5,8-9,12,16,20H,6-7H2. The van der Waals surface area contributed by atoms with Crippen molar-refractivity contribution in [2.75, 3.05) is 6.54 Å². The molecule has 4 heteroatoms. The van der Waals surface area contributed by atoms with Gasteiger partial charge in [0.15, 0.2) is 17.5 Å². The second-order valence-corrected chi connectivity index (χ2v) is 5.04. The van der Waals surface area contributed by atoms with Gasteiger partial charge in [-0.15, -0.1) is 0 Å². The SMILES string of the molecule is Fc1cc(C2CCNC2c2ccccc2)cc(F)c1F. The lowest BCUT2D eigenvalue weighted by molar-refractivity contribution is 0.441. The van der Waals surface area contributed by atoms with Crippen LogP contribution in [-0.4, -0.2) is 6.54 Å². The maximum atomic E-state index is 13.4. The highest BCUT2D eigenvalue weighted by Crippen LogP contribution is 2.38. The normalized spacial score (nSPS) is 22.1. The summed E-state index contributed by atoms with van der Waals surface area (Å²) in [6.07, 6.45) is 0.768. The highest BCUT2D eigenvalue weighted by Gasteiger charge is 2.30. The van der Waals surface area contributed by atoms with Gasteiger partial charge in [0.25, 0.3) is 0 Å². The molecule has 104 valence electrons. The molecule has 1 nitrogen and oxygen atoms in total. The zero-order chi connectivity index (χ0) is 14.1.